The molecule has 2 heterocycles. The van der Waals surface area contributed by atoms with Crippen LogP contribution in [-0.2, 0) is 23.8 Å². The van der Waals surface area contributed by atoms with Crippen LogP contribution in [0, 0.1) is 23.7 Å². The maximum Gasteiger partial charge on any atom is 0.308 e. The Morgan fingerprint density at radius 1 is 1.04 bits per heavy atom. The molecule has 1 unspecified atom stereocenters. The lowest BCUT2D eigenvalue weighted by atomic mass is 9.79. The summed E-state index contributed by atoms with van der Waals surface area (Å²) in [6, 6.07) is -0.166. The average molecular weight is 638 g/mol. The molecule has 0 spiro atoms. The minimum atomic E-state index is -1.06. The Balaban J connectivity index is 2.54. The quantitative estimate of drug-likeness (QED) is 0.308. The molecule has 1 saturated heterocycles. The van der Waals surface area contributed by atoms with Gasteiger partial charge in [-0.1, -0.05) is 45.4 Å². The van der Waals surface area contributed by atoms with E-state index in [1.54, 1.807) is 6.08 Å². The number of rotatable bonds is 10. The zero-order chi connectivity index (χ0) is 33.8. The van der Waals surface area contributed by atoms with Gasteiger partial charge in [-0.05, 0) is 86.3 Å². The number of allylic oxidation sites excluding steroid dienone is 3. The first-order chi connectivity index (χ1) is 21.2. The molecule has 0 bridgehead atoms. The van der Waals surface area contributed by atoms with E-state index in [2.05, 4.69) is 17.3 Å². The molecule has 11 atom stereocenters. The van der Waals surface area contributed by atoms with Crippen molar-refractivity contribution < 1.29 is 34.0 Å². The Bertz CT molecular complexity index is 973. The second-order valence-electron chi connectivity index (χ2n) is 13.8. The normalized spacial score (nSPS) is 38.2. The summed E-state index contributed by atoms with van der Waals surface area (Å²) in [7, 11) is 7.84. The predicted molar refractivity (Wildman–Crippen MR) is 178 cm³/mol. The first-order valence-electron chi connectivity index (χ1n) is 16.9. The molecule has 260 valence electrons. The summed E-state index contributed by atoms with van der Waals surface area (Å²) in [5.41, 5.74) is 0.926. The summed E-state index contributed by atoms with van der Waals surface area (Å²) >= 11 is 0. The summed E-state index contributed by atoms with van der Waals surface area (Å²) in [5, 5.41) is 26.1. The molecule has 0 radical (unpaired) electrons. The van der Waals surface area contributed by atoms with Crippen LogP contribution >= 0.6 is 0 Å². The molecule has 3 N–H and O–H groups in total. The lowest BCUT2D eigenvalue weighted by Gasteiger charge is -2.44. The smallest absolute Gasteiger partial charge is 0.308 e. The Hall–Kier alpha value is -1.66. The number of aliphatic hydroxyl groups is 2. The lowest BCUT2D eigenvalue weighted by Crippen LogP contribution is -2.56. The van der Waals surface area contributed by atoms with E-state index in [1.807, 2.05) is 79.7 Å². The highest BCUT2D eigenvalue weighted by molar-refractivity contribution is 5.91. The fraction of sp³-hybridized carbons (Fsp3) is 0.829. The number of ether oxygens (including phenoxy) is 3. The molecule has 1 fully saturated rings. The molecule has 2 rings (SSSR count). The average Bonchev–Trinajstić information content (AvgIpc) is 2.98. The zero-order valence-electron chi connectivity index (χ0n) is 29.6. The second-order valence-corrected chi connectivity index (χ2v) is 13.8. The van der Waals surface area contributed by atoms with E-state index in [4.69, 9.17) is 14.2 Å². The molecular formula is C35H63N3O7. The van der Waals surface area contributed by atoms with Crippen molar-refractivity contribution in [2.45, 2.75) is 116 Å². The molecule has 0 saturated carbocycles. The highest BCUT2D eigenvalue weighted by Crippen LogP contribution is 2.34. The van der Waals surface area contributed by atoms with E-state index in [9.17, 15) is 19.8 Å². The van der Waals surface area contributed by atoms with Gasteiger partial charge < -0.3 is 39.5 Å². The van der Waals surface area contributed by atoms with Gasteiger partial charge in [-0.25, -0.2) is 0 Å². The number of hydrogen-bond acceptors (Lipinski definition) is 10. The van der Waals surface area contributed by atoms with Crippen LogP contribution in [0.1, 0.15) is 73.6 Å². The number of ketones is 1. The van der Waals surface area contributed by atoms with Crippen LogP contribution in [-0.4, -0.2) is 122 Å². The van der Waals surface area contributed by atoms with Gasteiger partial charge in [0.2, 0.25) is 0 Å². The highest BCUT2D eigenvalue weighted by Gasteiger charge is 2.43. The predicted octanol–water partition coefficient (Wildman–Crippen LogP) is 3.41. The molecule has 45 heavy (non-hydrogen) atoms. The van der Waals surface area contributed by atoms with Crippen LogP contribution in [0.15, 0.2) is 23.8 Å². The molecule has 0 aromatic heterocycles. The van der Waals surface area contributed by atoms with Crippen molar-refractivity contribution in [1.29, 1.82) is 0 Å². The molecular weight excluding hydrogens is 574 g/mol. The number of nitrogens with one attached hydrogen (secondary N) is 1. The molecule has 2 aliphatic heterocycles. The van der Waals surface area contributed by atoms with Crippen molar-refractivity contribution in [2.24, 2.45) is 23.7 Å². The van der Waals surface area contributed by atoms with Crippen LogP contribution in [0.3, 0.4) is 0 Å². The summed E-state index contributed by atoms with van der Waals surface area (Å²) < 4.78 is 18.8. The summed E-state index contributed by atoms with van der Waals surface area (Å²) in [4.78, 5) is 30.8. The lowest BCUT2D eigenvalue weighted by molar-refractivity contribution is -0.283. The standard InChI is InChI=1S/C35H63N3O7/c1-11-31-24(4)18-22(2)12-13-29(39)23(3)19-27(14-16-38(10)17-15-36-7)34(26(6)30(40)21-32(41)44-31)45-35-33(42)28(37(8)9)20-25(5)43-35/h12-13,18,23-28,30-31,33-36,40,42H,11,14-17,19-21H2,1-10H3/b13-12+,22-18+/t23-,24+,25-,26+,27+,28+,30?,31-,33-,34-,35+/m1/s1. The third-order valence-corrected chi connectivity index (χ3v) is 9.61. The number of aliphatic hydroxyl groups excluding tert-OH is 2. The fourth-order valence-corrected chi connectivity index (χ4v) is 6.57. The van der Waals surface area contributed by atoms with Gasteiger partial charge in [-0.15, -0.1) is 0 Å². The summed E-state index contributed by atoms with van der Waals surface area (Å²) in [6.07, 6.45) is 3.82. The largest absolute Gasteiger partial charge is 0.462 e. The Morgan fingerprint density at radius 3 is 2.36 bits per heavy atom. The molecule has 0 aliphatic carbocycles. The maximum atomic E-state index is 13.4. The van der Waals surface area contributed by atoms with Gasteiger partial charge in [-0.2, -0.15) is 0 Å². The van der Waals surface area contributed by atoms with Crippen molar-refractivity contribution in [2.75, 3.05) is 47.8 Å². The minimum Gasteiger partial charge on any atom is -0.462 e. The molecule has 0 aromatic rings. The Kier molecular flexibility index (Phi) is 16.9. The van der Waals surface area contributed by atoms with Gasteiger partial charge in [0.15, 0.2) is 12.1 Å². The SMILES string of the molecule is CC[C@H]1OC(=O)CC(O)[C@H](C)[C@@H](O[C@@H]2O[C@H](C)C[C@H](N(C)C)[C@H]2O)[C@@H](CCN(C)CCNC)C[C@@H](C)C(=O)/C=C/C(C)=C/[C@@H]1C. The van der Waals surface area contributed by atoms with Crippen molar-refractivity contribution in [1.82, 2.24) is 15.1 Å². The van der Waals surface area contributed by atoms with E-state index < -0.39 is 36.5 Å². The summed E-state index contributed by atoms with van der Waals surface area (Å²) in [6.45, 7) is 14.1. The molecule has 0 amide bonds. The third kappa shape index (κ3) is 12.5. The van der Waals surface area contributed by atoms with E-state index in [0.717, 1.165) is 25.2 Å². The molecule has 10 nitrogen and oxygen atoms in total. The van der Waals surface area contributed by atoms with Gasteiger partial charge in [0.25, 0.3) is 0 Å². The summed E-state index contributed by atoms with van der Waals surface area (Å²) in [5.74, 6) is -1.48. The number of likely N-dealkylation sites (N-methyl/N-ethyl adjacent to an activating group) is 3. The minimum absolute atomic E-state index is 0.0247. The van der Waals surface area contributed by atoms with Crippen LogP contribution < -0.4 is 5.32 Å². The second kappa shape index (κ2) is 19.2. The van der Waals surface area contributed by atoms with Gasteiger partial charge in [0, 0.05) is 36.9 Å². The van der Waals surface area contributed by atoms with Crippen molar-refractivity contribution >= 4 is 11.8 Å². The molecule has 0 aromatic carbocycles. The molecule has 2 aliphatic rings. The van der Waals surface area contributed by atoms with E-state index in [0.29, 0.717) is 25.7 Å². The highest BCUT2D eigenvalue weighted by atomic mass is 16.7. The number of hydrogen-bond donors (Lipinski definition) is 3. The number of carbonyl (C=O) groups excluding carboxylic acids is 2. The Labute approximate surface area is 272 Å². The van der Waals surface area contributed by atoms with Gasteiger partial charge in [0.05, 0.1) is 24.7 Å². The molecule has 10 heteroatoms. The van der Waals surface area contributed by atoms with Crippen LogP contribution in [0.4, 0.5) is 0 Å². The van der Waals surface area contributed by atoms with Crippen molar-refractivity contribution in [3.05, 3.63) is 23.8 Å². The van der Waals surface area contributed by atoms with Gasteiger partial charge in [0.1, 0.15) is 12.2 Å². The van der Waals surface area contributed by atoms with Crippen LogP contribution in [0.2, 0.25) is 0 Å². The number of carbonyl (C=O) groups is 2. The number of nitrogens with zero attached hydrogens (tertiary/aromatic N) is 2. The first-order valence-corrected chi connectivity index (χ1v) is 16.9. The van der Waals surface area contributed by atoms with Crippen LogP contribution in [0.5, 0.6) is 0 Å². The zero-order valence-corrected chi connectivity index (χ0v) is 29.6. The Morgan fingerprint density at radius 2 is 1.73 bits per heavy atom. The van der Waals surface area contributed by atoms with Gasteiger partial charge >= 0.3 is 5.97 Å². The van der Waals surface area contributed by atoms with E-state index in [1.165, 1.54) is 0 Å². The first kappa shape index (κ1) is 39.5. The van der Waals surface area contributed by atoms with Crippen molar-refractivity contribution in [3.63, 3.8) is 0 Å². The van der Waals surface area contributed by atoms with Gasteiger partial charge in [-0.3, -0.25) is 9.59 Å². The number of cyclic esters (lactones) is 1. The number of esters is 1. The van der Waals surface area contributed by atoms with Crippen molar-refractivity contribution in [3.8, 4) is 0 Å². The van der Waals surface area contributed by atoms with E-state index >= 15 is 0 Å². The third-order valence-electron chi connectivity index (χ3n) is 9.61. The monoisotopic (exact) mass is 637 g/mol. The van der Waals surface area contributed by atoms with Crippen LogP contribution in [0.25, 0.3) is 0 Å². The van der Waals surface area contributed by atoms with E-state index in [-0.39, 0.29) is 48.2 Å². The topological polar surface area (TPSA) is 121 Å². The fourth-order valence-electron chi connectivity index (χ4n) is 6.57. The maximum absolute atomic E-state index is 13.4.